The number of aliphatic hydroxyl groups excluding tert-OH is 2. The van der Waals surface area contributed by atoms with Gasteiger partial charge in [0.25, 0.3) is 0 Å². The van der Waals surface area contributed by atoms with Crippen LogP contribution >= 0.6 is 0 Å². The molecule has 2 N–H and O–H groups in total. The summed E-state index contributed by atoms with van der Waals surface area (Å²) in [6.07, 6.45) is -7.38. The minimum absolute atomic E-state index is 0.326. The van der Waals surface area contributed by atoms with Crippen molar-refractivity contribution in [2.24, 2.45) is 0 Å². The molecule has 1 aromatic rings. The molecule has 1 heterocycles. The highest BCUT2D eigenvalue weighted by Crippen LogP contribution is 2.27. The van der Waals surface area contributed by atoms with E-state index >= 15 is 0 Å². The van der Waals surface area contributed by atoms with E-state index in [0.717, 1.165) is 28.6 Å². The van der Waals surface area contributed by atoms with Crippen molar-refractivity contribution in [2.75, 3.05) is 13.1 Å². The molecular weight excluding hydrogens is 315 g/mol. The number of ether oxygens (including phenoxy) is 1. The first-order valence-corrected chi connectivity index (χ1v) is 7.26. The molecule has 0 aromatic heterocycles. The number of hydrogen-bond acceptors (Lipinski definition) is 5. The maximum Gasteiger partial charge on any atom is 0.573 e. The topological polar surface area (TPSA) is 87.1 Å². The average Bonchev–Trinajstić information content (AvgIpc) is 2.68. The molecular formula is C11H12F3NO5S. The SMILES string of the molecule is O=S(=O)(c1cccc(OC(F)(F)F)c1)N1C[C@@H](O)[C@@H](O)C1. The van der Waals surface area contributed by atoms with Crippen LogP contribution in [0.5, 0.6) is 5.75 Å². The second kappa shape index (κ2) is 5.44. The minimum atomic E-state index is -4.93. The van der Waals surface area contributed by atoms with Crippen molar-refractivity contribution in [1.29, 1.82) is 0 Å². The molecule has 1 aromatic carbocycles. The molecule has 21 heavy (non-hydrogen) atoms. The largest absolute Gasteiger partial charge is 0.573 e. The number of β-amino-alcohol motifs (C(OH)–C–C–N with tert-alkyl or cyclic N) is 2. The summed E-state index contributed by atoms with van der Waals surface area (Å²) in [5.74, 6) is -0.663. The zero-order chi connectivity index (χ0) is 15.8. The van der Waals surface area contributed by atoms with Crippen molar-refractivity contribution in [3.05, 3.63) is 24.3 Å². The predicted molar refractivity (Wildman–Crippen MR) is 63.9 cm³/mol. The molecule has 118 valence electrons. The van der Waals surface area contributed by atoms with Crippen LogP contribution in [0.25, 0.3) is 0 Å². The first-order valence-electron chi connectivity index (χ1n) is 5.82. The maximum atomic E-state index is 12.2. The van der Waals surface area contributed by atoms with Crippen LogP contribution in [0.2, 0.25) is 0 Å². The lowest BCUT2D eigenvalue weighted by molar-refractivity contribution is -0.274. The third kappa shape index (κ3) is 3.64. The van der Waals surface area contributed by atoms with Gasteiger partial charge in [-0.15, -0.1) is 13.2 Å². The van der Waals surface area contributed by atoms with Gasteiger partial charge in [0.05, 0.1) is 17.1 Å². The lowest BCUT2D eigenvalue weighted by Crippen LogP contribution is -2.30. The second-order valence-electron chi connectivity index (χ2n) is 4.48. The number of aliphatic hydroxyl groups is 2. The third-order valence-corrected chi connectivity index (χ3v) is 4.73. The van der Waals surface area contributed by atoms with Gasteiger partial charge in [0.15, 0.2) is 0 Å². The standard InChI is InChI=1S/C11H12F3NO5S/c12-11(13,14)20-7-2-1-3-8(4-7)21(18,19)15-5-9(16)10(17)6-15/h1-4,9-10,16-17H,5-6H2/t9-,10+. The second-order valence-corrected chi connectivity index (χ2v) is 6.42. The summed E-state index contributed by atoms with van der Waals surface area (Å²) < 4.78 is 65.3. The van der Waals surface area contributed by atoms with Crippen molar-refractivity contribution in [3.8, 4) is 5.75 Å². The van der Waals surface area contributed by atoms with Crippen molar-refractivity contribution < 1.29 is 36.5 Å². The molecule has 1 aliphatic rings. The molecule has 0 spiro atoms. The molecule has 0 saturated carbocycles. The van der Waals surface area contributed by atoms with Crippen molar-refractivity contribution in [2.45, 2.75) is 23.5 Å². The number of alkyl halides is 3. The van der Waals surface area contributed by atoms with Gasteiger partial charge in [-0.2, -0.15) is 4.31 Å². The Morgan fingerprint density at radius 3 is 2.29 bits per heavy atom. The molecule has 0 aliphatic carbocycles. The minimum Gasteiger partial charge on any atom is -0.406 e. The molecule has 0 bridgehead atoms. The molecule has 1 fully saturated rings. The van der Waals surface area contributed by atoms with Crippen LogP contribution in [-0.4, -0.2) is 54.6 Å². The number of halogens is 3. The highest BCUT2D eigenvalue weighted by Gasteiger charge is 2.38. The van der Waals surface area contributed by atoms with Crippen molar-refractivity contribution >= 4 is 10.0 Å². The number of hydrogen-bond donors (Lipinski definition) is 2. The van der Waals surface area contributed by atoms with E-state index in [1.807, 2.05) is 0 Å². The fourth-order valence-electron chi connectivity index (χ4n) is 1.91. The fraction of sp³-hybridized carbons (Fsp3) is 0.455. The fourth-order valence-corrected chi connectivity index (χ4v) is 3.42. The summed E-state index contributed by atoms with van der Waals surface area (Å²) in [6, 6.07) is 3.92. The predicted octanol–water partition coefficient (Wildman–Crippen LogP) is 0.311. The summed E-state index contributed by atoms with van der Waals surface area (Å²) in [7, 11) is -4.12. The van der Waals surface area contributed by atoms with Gasteiger partial charge >= 0.3 is 6.36 Å². The summed E-state index contributed by atoms with van der Waals surface area (Å²) in [6.45, 7) is -0.651. The van der Waals surface area contributed by atoms with Crippen LogP contribution in [0.3, 0.4) is 0 Å². The molecule has 0 radical (unpaired) electrons. The monoisotopic (exact) mass is 327 g/mol. The van der Waals surface area contributed by atoms with Gasteiger partial charge < -0.3 is 14.9 Å². The quantitative estimate of drug-likeness (QED) is 0.834. The van der Waals surface area contributed by atoms with E-state index in [1.165, 1.54) is 0 Å². The molecule has 1 aliphatic heterocycles. The number of benzene rings is 1. The van der Waals surface area contributed by atoms with Gasteiger partial charge in [0, 0.05) is 19.2 Å². The normalized spacial score (nSPS) is 24.2. The highest BCUT2D eigenvalue weighted by atomic mass is 32.2. The first kappa shape index (κ1) is 16.0. The lowest BCUT2D eigenvalue weighted by Gasteiger charge is -2.16. The molecule has 0 unspecified atom stereocenters. The first-order chi connectivity index (χ1) is 9.59. The van der Waals surface area contributed by atoms with E-state index in [1.54, 1.807) is 0 Å². The Labute approximate surface area is 118 Å². The zero-order valence-electron chi connectivity index (χ0n) is 10.5. The van der Waals surface area contributed by atoms with Gasteiger partial charge in [0.1, 0.15) is 5.75 Å². The summed E-state index contributed by atoms with van der Waals surface area (Å²) in [5, 5.41) is 18.7. The van der Waals surface area contributed by atoms with Crippen LogP contribution in [0, 0.1) is 0 Å². The Bertz CT molecular complexity index is 609. The number of rotatable bonds is 3. The Morgan fingerprint density at radius 1 is 1.19 bits per heavy atom. The molecule has 2 atom stereocenters. The van der Waals surface area contributed by atoms with Gasteiger partial charge in [0.2, 0.25) is 10.0 Å². The Hall–Kier alpha value is -1.36. The van der Waals surface area contributed by atoms with E-state index in [2.05, 4.69) is 4.74 Å². The van der Waals surface area contributed by atoms with Crippen molar-refractivity contribution in [1.82, 2.24) is 4.31 Å². The van der Waals surface area contributed by atoms with Crippen LogP contribution in [0.1, 0.15) is 0 Å². The molecule has 1 saturated heterocycles. The zero-order valence-corrected chi connectivity index (χ0v) is 11.3. The average molecular weight is 327 g/mol. The number of sulfonamides is 1. The molecule has 10 heteroatoms. The number of nitrogens with zero attached hydrogens (tertiary/aromatic N) is 1. The van der Waals surface area contributed by atoms with Crippen molar-refractivity contribution in [3.63, 3.8) is 0 Å². The Morgan fingerprint density at radius 2 is 1.76 bits per heavy atom. The third-order valence-electron chi connectivity index (χ3n) is 2.90. The van der Waals surface area contributed by atoms with E-state index < -0.39 is 39.2 Å². The molecule has 2 rings (SSSR count). The van der Waals surface area contributed by atoms with Gasteiger partial charge in [-0.3, -0.25) is 0 Å². The summed E-state index contributed by atoms with van der Waals surface area (Å²) in [4.78, 5) is -0.412. The van der Waals surface area contributed by atoms with E-state index in [4.69, 9.17) is 0 Å². The Balaban J connectivity index is 2.27. The van der Waals surface area contributed by atoms with Crippen LogP contribution in [0.15, 0.2) is 29.2 Å². The van der Waals surface area contributed by atoms with E-state index in [9.17, 15) is 31.8 Å². The van der Waals surface area contributed by atoms with Gasteiger partial charge in [-0.05, 0) is 12.1 Å². The summed E-state index contributed by atoms with van der Waals surface area (Å²) >= 11 is 0. The lowest BCUT2D eigenvalue weighted by atomic mass is 10.3. The summed E-state index contributed by atoms with van der Waals surface area (Å²) in [5.41, 5.74) is 0. The molecule has 0 amide bonds. The van der Waals surface area contributed by atoms with Gasteiger partial charge in [-0.25, -0.2) is 8.42 Å². The smallest absolute Gasteiger partial charge is 0.406 e. The van der Waals surface area contributed by atoms with E-state index in [0.29, 0.717) is 0 Å². The maximum absolute atomic E-state index is 12.2. The highest BCUT2D eigenvalue weighted by molar-refractivity contribution is 7.89. The Kier molecular flexibility index (Phi) is 4.15. The molecule has 6 nitrogen and oxygen atoms in total. The van der Waals surface area contributed by atoms with E-state index in [-0.39, 0.29) is 13.1 Å². The van der Waals surface area contributed by atoms with Crippen LogP contribution < -0.4 is 4.74 Å². The van der Waals surface area contributed by atoms with Crippen LogP contribution in [-0.2, 0) is 10.0 Å². The van der Waals surface area contributed by atoms with Crippen LogP contribution in [0.4, 0.5) is 13.2 Å². The van der Waals surface area contributed by atoms with Gasteiger partial charge in [-0.1, -0.05) is 6.07 Å².